The van der Waals surface area contributed by atoms with Crippen LogP contribution < -0.4 is 16.0 Å². The highest BCUT2D eigenvalue weighted by Gasteiger charge is 2.09. The van der Waals surface area contributed by atoms with E-state index in [2.05, 4.69) is 16.0 Å². The van der Waals surface area contributed by atoms with Crippen molar-refractivity contribution in [2.24, 2.45) is 0 Å². The predicted octanol–water partition coefficient (Wildman–Crippen LogP) is 4.68. The second kappa shape index (κ2) is 9.12. The lowest BCUT2D eigenvalue weighted by molar-refractivity contribution is 0.0976. The van der Waals surface area contributed by atoms with Crippen molar-refractivity contribution in [2.75, 3.05) is 10.6 Å². The highest BCUT2D eigenvalue weighted by Crippen LogP contribution is 2.15. The zero-order chi connectivity index (χ0) is 20.8. The van der Waals surface area contributed by atoms with Gasteiger partial charge < -0.3 is 10.6 Å². The Hall–Kier alpha value is -3.51. The van der Waals surface area contributed by atoms with Gasteiger partial charge in [-0.25, -0.2) is 0 Å². The monoisotopic (exact) mass is 403 g/mol. The first kappa shape index (κ1) is 20.2. The molecule has 0 unspecified atom stereocenters. The number of carbonyl (C=O) groups is 2. The summed E-state index contributed by atoms with van der Waals surface area (Å²) in [6, 6.07) is 21.7. The number of benzene rings is 3. The smallest absolute Gasteiger partial charge is 0.257 e. The van der Waals surface area contributed by atoms with Gasteiger partial charge in [-0.2, -0.15) is 0 Å². The Morgan fingerprint density at radius 3 is 1.83 bits per heavy atom. The number of amides is 2. The molecule has 0 radical (unpaired) electrons. The van der Waals surface area contributed by atoms with E-state index in [9.17, 15) is 9.59 Å². The molecule has 2 amide bonds. The first-order valence-electron chi connectivity index (χ1n) is 9.08. The van der Waals surface area contributed by atoms with E-state index in [4.69, 9.17) is 12.2 Å². The van der Waals surface area contributed by atoms with Crippen molar-refractivity contribution in [2.45, 2.75) is 13.8 Å². The van der Waals surface area contributed by atoms with Crippen molar-refractivity contribution >= 4 is 40.5 Å². The molecule has 3 N–H and O–H groups in total. The Bertz CT molecular complexity index is 1030. The molecule has 29 heavy (non-hydrogen) atoms. The van der Waals surface area contributed by atoms with Gasteiger partial charge in [0.15, 0.2) is 5.11 Å². The quantitative estimate of drug-likeness (QED) is 0.553. The Morgan fingerprint density at radius 1 is 0.690 bits per heavy atom. The van der Waals surface area contributed by atoms with Crippen LogP contribution in [0.3, 0.4) is 0 Å². The fourth-order valence-corrected chi connectivity index (χ4v) is 3.08. The van der Waals surface area contributed by atoms with E-state index in [0.29, 0.717) is 22.5 Å². The van der Waals surface area contributed by atoms with Gasteiger partial charge in [0.2, 0.25) is 0 Å². The summed E-state index contributed by atoms with van der Waals surface area (Å²) in [5.74, 6) is -0.441. The van der Waals surface area contributed by atoms with E-state index in [-0.39, 0.29) is 16.9 Å². The zero-order valence-electron chi connectivity index (χ0n) is 16.2. The summed E-state index contributed by atoms with van der Waals surface area (Å²) in [5, 5.41) is 8.69. The van der Waals surface area contributed by atoms with Gasteiger partial charge in [0.25, 0.3) is 11.8 Å². The summed E-state index contributed by atoms with van der Waals surface area (Å²) in [6.07, 6.45) is 0. The lowest BCUT2D eigenvalue weighted by Crippen LogP contribution is -2.34. The van der Waals surface area contributed by atoms with Crippen molar-refractivity contribution in [3.8, 4) is 0 Å². The Morgan fingerprint density at radius 2 is 1.24 bits per heavy atom. The lowest BCUT2D eigenvalue weighted by Gasteiger charge is -2.11. The zero-order valence-corrected chi connectivity index (χ0v) is 17.0. The molecule has 6 heteroatoms. The van der Waals surface area contributed by atoms with Gasteiger partial charge in [-0.1, -0.05) is 35.4 Å². The minimum absolute atomic E-state index is 0.178. The fraction of sp³-hybridized carbons (Fsp3) is 0.0870. The molecule has 0 saturated heterocycles. The van der Waals surface area contributed by atoms with Crippen LogP contribution >= 0.6 is 12.2 Å². The topological polar surface area (TPSA) is 70.2 Å². The standard InChI is InChI=1S/C23H21N3O2S/c1-15-12-16(2)14-18(13-15)22(28)26-23(29)25-20-10-8-19(9-11-20)24-21(27)17-6-4-3-5-7-17/h3-14H,1-2H3,(H,24,27)(H2,25,26,28,29). The van der Waals surface area contributed by atoms with Crippen LogP contribution in [0.25, 0.3) is 0 Å². The molecule has 3 aromatic rings. The number of nitrogens with one attached hydrogen (secondary N) is 3. The molecule has 0 aromatic heterocycles. The van der Waals surface area contributed by atoms with Crippen LogP contribution in [-0.4, -0.2) is 16.9 Å². The van der Waals surface area contributed by atoms with Crippen LogP contribution in [-0.2, 0) is 0 Å². The normalized spacial score (nSPS) is 10.1. The van der Waals surface area contributed by atoms with E-state index in [1.54, 1.807) is 36.4 Å². The Labute approximate surface area is 175 Å². The van der Waals surface area contributed by atoms with Crippen LogP contribution in [0.5, 0.6) is 0 Å². The van der Waals surface area contributed by atoms with Gasteiger partial charge in [0, 0.05) is 22.5 Å². The maximum Gasteiger partial charge on any atom is 0.257 e. The molecule has 3 rings (SSSR count). The first-order chi connectivity index (χ1) is 13.9. The molecule has 0 aliphatic rings. The number of thiocarbonyl (C=S) groups is 1. The van der Waals surface area contributed by atoms with Crippen molar-refractivity contribution in [1.82, 2.24) is 5.32 Å². The molecule has 0 heterocycles. The largest absolute Gasteiger partial charge is 0.332 e. The number of carbonyl (C=O) groups excluding carboxylic acids is 2. The minimum Gasteiger partial charge on any atom is -0.332 e. The van der Waals surface area contributed by atoms with Crippen LogP contribution in [0.4, 0.5) is 11.4 Å². The number of rotatable bonds is 4. The molecule has 0 atom stereocenters. The number of hydrogen-bond donors (Lipinski definition) is 3. The van der Waals surface area contributed by atoms with Gasteiger partial charge in [-0.15, -0.1) is 0 Å². The van der Waals surface area contributed by atoms with E-state index >= 15 is 0 Å². The van der Waals surface area contributed by atoms with Gasteiger partial charge >= 0.3 is 0 Å². The van der Waals surface area contributed by atoms with E-state index < -0.39 is 0 Å². The summed E-state index contributed by atoms with van der Waals surface area (Å²) in [4.78, 5) is 24.6. The summed E-state index contributed by atoms with van der Waals surface area (Å²) in [7, 11) is 0. The molecular weight excluding hydrogens is 382 g/mol. The molecule has 0 spiro atoms. The Kier molecular flexibility index (Phi) is 6.36. The third kappa shape index (κ3) is 5.73. The SMILES string of the molecule is Cc1cc(C)cc(C(=O)NC(=S)Nc2ccc(NC(=O)c3ccccc3)cc2)c1. The van der Waals surface area contributed by atoms with Gasteiger partial charge in [-0.05, 0) is 74.6 Å². The number of anilines is 2. The summed E-state index contributed by atoms with van der Waals surface area (Å²) < 4.78 is 0. The van der Waals surface area contributed by atoms with E-state index in [0.717, 1.165) is 11.1 Å². The first-order valence-corrected chi connectivity index (χ1v) is 9.48. The van der Waals surface area contributed by atoms with Crippen LogP contribution in [0, 0.1) is 13.8 Å². The van der Waals surface area contributed by atoms with Crippen molar-refractivity contribution < 1.29 is 9.59 Å². The highest BCUT2D eigenvalue weighted by molar-refractivity contribution is 7.80. The average Bonchev–Trinajstić information content (AvgIpc) is 2.69. The second-order valence-corrected chi connectivity index (χ2v) is 7.09. The average molecular weight is 404 g/mol. The van der Waals surface area contributed by atoms with Gasteiger partial charge in [0.1, 0.15) is 0 Å². The third-order valence-corrected chi connectivity index (χ3v) is 4.35. The molecule has 146 valence electrons. The maximum absolute atomic E-state index is 12.4. The van der Waals surface area contributed by atoms with Crippen LogP contribution in [0.15, 0.2) is 72.8 Å². The third-order valence-electron chi connectivity index (χ3n) is 4.15. The lowest BCUT2D eigenvalue weighted by atomic mass is 10.1. The van der Waals surface area contributed by atoms with E-state index in [1.165, 1.54) is 0 Å². The highest BCUT2D eigenvalue weighted by atomic mass is 32.1. The molecule has 5 nitrogen and oxygen atoms in total. The van der Waals surface area contributed by atoms with Crippen molar-refractivity contribution in [3.05, 3.63) is 95.1 Å². The summed E-state index contributed by atoms with van der Waals surface area (Å²) >= 11 is 5.23. The molecule has 0 saturated carbocycles. The molecule has 0 bridgehead atoms. The fourth-order valence-electron chi connectivity index (χ4n) is 2.87. The van der Waals surface area contributed by atoms with Crippen molar-refractivity contribution in [3.63, 3.8) is 0 Å². The van der Waals surface area contributed by atoms with Crippen LogP contribution in [0.1, 0.15) is 31.8 Å². The maximum atomic E-state index is 12.4. The summed E-state index contributed by atoms with van der Waals surface area (Å²) in [6.45, 7) is 3.89. The van der Waals surface area contributed by atoms with Gasteiger partial charge in [0.05, 0.1) is 0 Å². The Balaban J connectivity index is 1.57. The van der Waals surface area contributed by atoms with Gasteiger partial charge in [-0.3, -0.25) is 14.9 Å². The number of aryl methyl sites for hydroxylation is 2. The molecule has 0 fully saturated rings. The minimum atomic E-state index is -0.263. The second-order valence-electron chi connectivity index (χ2n) is 6.68. The molecule has 3 aromatic carbocycles. The van der Waals surface area contributed by atoms with Crippen molar-refractivity contribution in [1.29, 1.82) is 0 Å². The number of hydrogen-bond acceptors (Lipinski definition) is 3. The van der Waals surface area contributed by atoms with E-state index in [1.807, 2.05) is 50.2 Å². The van der Waals surface area contributed by atoms with Crippen LogP contribution in [0.2, 0.25) is 0 Å². The molecule has 0 aliphatic carbocycles. The molecule has 0 aliphatic heterocycles. The summed E-state index contributed by atoms with van der Waals surface area (Å²) in [5.41, 5.74) is 4.54. The predicted molar refractivity (Wildman–Crippen MR) is 120 cm³/mol. The molecular formula is C23H21N3O2S.